The molecule has 2 aromatic heterocycles. The summed E-state index contributed by atoms with van der Waals surface area (Å²) in [5, 5.41) is 7.40. The van der Waals surface area contributed by atoms with Crippen LogP contribution in [-0.2, 0) is 6.42 Å². The highest BCUT2D eigenvalue weighted by molar-refractivity contribution is 7.99. The Morgan fingerprint density at radius 3 is 3.09 bits per heavy atom. The van der Waals surface area contributed by atoms with Crippen LogP contribution < -0.4 is 10.6 Å². The van der Waals surface area contributed by atoms with E-state index in [1.54, 1.807) is 24.3 Å². The maximum absolute atomic E-state index is 11.8. The third-order valence-electron chi connectivity index (χ3n) is 3.21. The molecule has 0 aliphatic rings. The smallest absolute Gasteiger partial charge is 0.319 e. The lowest BCUT2D eigenvalue weighted by molar-refractivity contribution is 0.252. The molecule has 2 rings (SSSR count). The largest absolute Gasteiger partial charge is 0.348 e. The van der Waals surface area contributed by atoms with Crippen molar-refractivity contribution in [1.82, 2.24) is 19.7 Å². The number of urea groups is 1. The van der Waals surface area contributed by atoms with E-state index in [1.807, 2.05) is 6.07 Å². The number of thioether (sulfide) groups is 1. The molecular formula is C15H23N5OS2. The van der Waals surface area contributed by atoms with E-state index in [0.29, 0.717) is 6.54 Å². The molecule has 0 spiro atoms. The average Bonchev–Trinajstić information content (AvgIpc) is 3.19. The summed E-state index contributed by atoms with van der Waals surface area (Å²) in [5.41, 5.74) is 1.00. The van der Waals surface area contributed by atoms with Gasteiger partial charge in [-0.2, -0.15) is 4.37 Å². The molecule has 23 heavy (non-hydrogen) atoms. The van der Waals surface area contributed by atoms with Crippen LogP contribution in [0, 0.1) is 0 Å². The second-order valence-corrected chi connectivity index (χ2v) is 7.07. The molecule has 0 aliphatic carbocycles. The van der Waals surface area contributed by atoms with Crippen molar-refractivity contribution in [3.8, 4) is 0 Å². The second kappa shape index (κ2) is 10.3. The summed E-state index contributed by atoms with van der Waals surface area (Å²) in [6.07, 6.45) is 9.16. The number of hydrogen-bond acceptors (Lipinski definition) is 5. The zero-order valence-corrected chi connectivity index (χ0v) is 14.9. The molecule has 8 heteroatoms. The quantitative estimate of drug-likeness (QED) is 0.447. The molecule has 0 radical (unpaired) electrons. The van der Waals surface area contributed by atoms with Crippen LogP contribution in [0.25, 0.3) is 0 Å². The van der Waals surface area contributed by atoms with Gasteiger partial charge in [0.1, 0.15) is 10.0 Å². The fourth-order valence-corrected chi connectivity index (χ4v) is 3.68. The Morgan fingerprint density at radius 2 is 2.30 bits per heavy atom. The number of nitrogens with one attached hydrogen (secondary N) is 3. The summed E-state index contributed by atoms with van der Waals surface area (Å²) in [6.45, 7) is 2.78. The van der Waals surface area contributed by atoms with Gasteiger partial charge in [-0.15, -0.1) is 11.8 Å². The van der Waals surface area contributed by atoms with Crippen molar-refractivity contribution in [2.24, 2.45) is 0 Å². The van der Waals surface area contributed by atoms with Crippen LogP contribution in [0.3, 0.4) is 0 Å². The fraction of sp³-hybridized carbons (Fsp3) is 0.533. The number of amides is 2. The van der Waals surface area contributed by atoms with Gasteiger partial charge in [0.05, 0.1) is 6.33 Å². The van der Waals surface area contributed by atoms with Crippen LogP contribution in [0.4, 0.5) is 9.80 Å². The Labute approximate surface area is 145 Å². The van der Waals surface area contributed by atoms with E-state index < -0.39 is 0 Å². The molecule has 2 aromatic rings. The van der Waals surface area contributed by atoms with E-state index in [0.717, 1.165) is 27.9 Å². The number of aromatic amines is 1. The molecule has 2 amide bonds. The van der Waals surface area contributed by atoms with Crippen molar-refractivity contribution < 1.29 is 4.79 Å². The van der Waals surface area contributed by atoms with Gasteiger partial charge < -0.3 is 10.3 Å². The second-order valence-electron chi connectivity index (χ2n) is 5.15. The molecule has 0 atom stereocenters. The summed E-state index contributed by atoms with van der Waals surface area (Å²) in [7, 11) is 0. The van der Waals surface area contributed by atoms with Crippen LogP contribution >= 0.6 is 23.3 Å². The van der Waals surface area contributed by atoms with Crippen molar-refractivity contribution >= 4 is 34.3 Å². The summed E-state index contributed by atoms with van der Waals surface area (Å²) in [4.78, 5) is 18.7. The fourth-order valence-electron chi connectivity index (χ4n) is 1.98. The Morgan fingerprint density at radius 1 is 1.39 bits per heavy atom. The van der Waals surface area contributed by atoms with Crippen LogP contribution in [-0.4, -0.2) is 32.7 Å². The summed E-state index contributed by atoms with van der Waals surface area (Å²) < 4.78 is 4.36. The molecule has 0 aliphatic heterocycles. The topological polar surface area (TPSA) is 82.7 Å². The predicted molar refractivity (Wildman–Crippen MR) is 96.3 cm³/mol. The highest BCUT2D eigenvalue weighted by Crippen LogP contribution is 2.25. The number of imidazole rings is 1. The SMILES string of the molecule is CCCCCCSc1cc(NC(=O)NCCc2cnc[nH]2)sn1. The number of anilines is 1. The molecule has 0 fully saturated rings. The van der Waals surface area contributed by atoms with Gasteiger partial charge in [0, 0.05) is 30.9 Å². The highest BCUT2D eigenvalue weighted by Gasteiger charge is 2.06. The predicted octanol–water partition coefficient (Wildman–Crippen LogP) is 3.90. The minimum absolute atomic E-state index is 0.201. The number of hydrogen-bond donors (Lipinski definition) is 3. The number of carbonyl (C=O) groups excluding carboxylic acids is 1. The summed E-state index contributed by atoms with van der Waals surface area (Å²) in [6, 6.07) is 1.73. The minimum atomic E-state index is -0.201. The Bertz CT molecular complexity index is 570. The lowest BCUT2D eigenvalue weighted by Gasteiger charge is -2.04. The van der Waals surface area contributed by atoms with Crippen molar-refractivity contribution in [2.45, 2.75) is 44.1 Å². The molecular weight excluding hydrogens is 330 g/mol. The first-order valence-corrected chi connectivity index (χ1v) is 9.65. The lowest BCUT2D eigenvalue weighted by atomic mass is 10.2. The zero-order chi connectivity index (χ0) is 16.3. The molecule has 2 heterocycles. The molecule has 0 bridgehead atoms. The molecule has 0 saturated heterocycles. The van der Waals surface area contributed by atoms with E-state index in [-0.39, 0.29) is 6.03 Å². The van der Waals surface area contributed by atoms with Gasteiger partial charge in [-0.3, -0.25) is 5.32 Å². The third-order valence-corrected chi connectivity index (χ3v) is 5.03. The first kappa shape index (κ1) is 17.8. The normalized spacial score (nSPS) is 10.7. The highest BCUT2D eigenvalue weighted by atomic mass is 32.2. The van der Waals surface area contributed by atoms with E-state index in [9.17, 15) is 4.79 Å². The Hall–Kier alpha value is -1.54. The first-order valence-electron chi connectivity index (χ1n) is 7.89. The Balaban J connectivity index is 1.62. The van der Waals surface area contributed by atoms with Crippen LogP contribution in [0.5, 0.6) is 0 Å². The molecule has 0 aromatic carbocycles. The van der Waals surface area contributed by atoms with Gasteiger partial charge in [0.25, 0.3) is 0 Å². The maximum Gasteiger partial charge on any atom is 0.319 e. The van der Waals surface area contributed by atoms with Crippen molar-refractivity contribution in [3.63, 3.8) is 0 Å². The molecule has 3 N–H and O–H groups in total. The number of H-pyrrole nitrogens is 1. The molecule has 0 saturated carbocycles. The van der Waals surface area contributed by atoms with E-state index in [4.69, 9.17) is 0 Å². The number of carbonyl (C=O) groups is 1. The van der Waals surface area contributed by atoms with Crippen molar-refractivity contribution in [3.05, 3.63) is 24.3 Å². The third kappa shape index (κ3) is 7.04. The zero-order valence-electron chi connectivity index (χ0n) is 13.3. The van der Waals surface area contributed by atoms with Crippen LogP contribution in [0.1, 0.15) is 38.3 Å². The number of aromatic nitrogens is 3. The van der Waals surface area contributed by atoms with E-state index >= 15 is 0 Å². The van der Waals surface area contributed by atoms with Gasteiger partial charge in [-0.1, -0.05) is 26.2 Å². The Kier molecular flexibility index (Phi) is 7.96. The van der Waals surface area contributed by atoms with Crippen LogP contribution in [0.15, 0.2) is 23.6 Å². The first-order chi connectivity index (χ1) is 11.3. The maximum atomic E-state index is 11.8. The monoisotopic (exact) mass is 353 g/mol. The average molecular weight is 354 g/mol. The number of unbranched alkanes of at least 4 members (excludes halogenated alkanes) is 3. The van der Waals surface area contributed by atoms with Crippen molar-refractivity contribution in [1.29, 1.82) is 0 Å². The van der Waals surface area contributed by atoms with Gasteiger partial charge in [0.15, 0.2) is 0 Å². The number of nitrogens with zero attached hydrogens (tertiary/aromatic N) is 2. The molecule has 126 valence electrons. The number of rotatable bonds is 10. The van der Waals surface area contributed by atoms with Crippen molar-refractivity contribution in [2.75, 3.05) is 17.6 Å². The van der Waals surface area contributed by atoms with Crippen LogP contribution in [0.2, 0.25) is 0 Å². The van der Waals surface area contributed by atoms with E-state index in [2.05, 4.69) is 31.9 Å². The lowest BCUT2D eigenvalue weighted by Crippen LogP contribution is -2.30. The van der Waals surface area contributed by atoms with Gasteiger partial charge in [-0.05, 0) is 23.7 Å². The van der Waals surface area contributed by atoms with E-state index in [1.165, 1.54) is 37.2 Å². The minimum Gasteiger partial charge on any atom is -0.348 e. The molecule has 0 unspecified atom stereocenters. The molecule has 6 nitrogen and oxygen atoms in total. The van der Waals surface area contributed by atoms with Gasteiger partial charge in [0.2, 0.25) is 0 Å². The summed E-state index contributed by atoms with van der Waals surface area (Å²) in [5.74, 6) is 1.08. The van der Waals surface area contributed by atoms with Gasteiger partial charge >= 0.3 is 6.03 Å². The standard InChI is InChI=1S/C15H23N5OS2/c1-2-3-4-5-8-22-14-9-13(23-20-14)19-15(21)17-7-6-12-10-16-11-18-12/h9-11H,2-8H2,1H3,(H,16,18)(H2,17,19,21). The van der Waals surface area contributed by atoms with Gasteiger partial charge in [-0.25, -0.2) is 9.78 Å². The summed E-state index contributed by atoms with van der Waals surface area (Å²) >= 11 is 3.07.